The van der Waals surface area contributed by atoms with Gasteiger partial charge in [0.2, 0.25) is 5.88 Å². The van der Waals surface area contributed by atoms with Crippen LogP contribution in [0.1, 0.15) is 5.56 Å². The van der Waals surface area contributed by atoms with Gasteiger partial charge in [-0.3, -0.25) is 9.55 Å². The van der Waals surface area contributed by atoms with E-state index in [1.54, 1.807) is 47.3 Å². The number of benzene rings is 1. The van der Waals surface area contributed by atoms with Crippen LogP contribution < -0.4 is 9.47 Å². The summed E-state index contributed by atoms with van der Waals surface area (Å²) in [6, 6.07) is 11.0. The smallest absolute Gasteiger partial charge is 0.420 e. The standard InChI is InChI=1S/C20H15F3N4O2/c1-28-17-10-16-15(9-13(17)20(21,22)23)26-19(14-5-3-4-8-24-14)27(16)12-6-7-18(29-2)25-11-12/h3-11H,1-2H3. The van der Waals surface area contributed by atoms with E-state index in [-0.39, 0.29) is 11.3 Å². The Morgan fingerprint density at radius 3 is 2.38 bits per heavy atom. The largest absolute Gasteiger partial charge is 0.496 e. The summed E-state index contributed by atoms with van der Waals surface area (Å²) < 4.78 is 52.1. The number of imidazole rings is 1. The van der Waals surface area contributed by atoms with Crippen LogP contribution in [0.5, 0.6) is 11.6 Å². The van der Waals surface area contributed by atoms with E-state index < -0.39 is 11.7 Å². The number of alkyl halides is 3. The molecule has 0 N–H and O–H groups in total. The van der Waals surface area contributed by atoms with Gasteiger partial charge in [-0.25, -0.2) is 9.97 Å². The maximum atomic E-state index is 13.4. The number of hydrogen-bond donors (Lipinski definition) is 0. The van der Waals surface area contributed by atoms with Gasteiger partial charge in [-0.1, -0.05) is 6.07 Å². The first-order valence-corrected chi connectivity index (χ1v) is 8.52. The average molecular weight is 400 g/mol. The normalized spacial score (nSPS) is 11.6. The van der Waals surface area contributed by atoms with E-state index in [0.29, 0.717) is 28.6 Å². The minimum Gasteiger partial charge on any atom is -0.496 e. The monoisotopic (exact) mass is 400 g/mol. The Kier molecular flexibility index (Phi) is 4.57. The molecule has 1 aromatic carbocycles. The quantitative estimate of drug-likeness (QED) is 0.504. The lowest BCUT2D eigenvalue weighted by Crippen LogP contribution is -2.07. The van der Waals surface area contributed by atoms with Crippen molar-refractivity contribution >= 4 is 11.0 Å². The molecule has 3 heterocycles. The second-order valence-corrected chi connectivity index (χ2v) is 6.08. The lowest BCUT2D eigenvalue weighted by Gasteiger charge is -2.13. The fraction of sp³-hybridized carbons (Fsp3) is 0.150. The first-order valence-electron chi connectivity index (χ1n) is 8.52. The number of aromatic nitrogens is 4. The summed E-state index contributed by atoms with van der Waals surface area (Å²) in [6.07, 6.45) is -1.43. The van der Waals surface area contributed by atoms with Crippen LogP contribution in [0.4, 0.5) is 13.2 Å². The molecule has 6 nitrogen and oxygen atoms in total. The predicted molar refractivity (Wildman–Crippen MR) is 100 cm³/mol. The lowest BCUT2D eigenvalue weighted by molar-refractivity contribution is -0.138. The average Bonchev–Trinajstić information content (AvgIpc) is 3.11. The van der Waals surface area contributed by atoms with Gasteiger partial charge in [0.25, 0.3) is 0 Å². The highest BCUT2D eigenvalue weighted by molar-refractivity contribution is 5.85. The van der Waals surface area contributed by atoms with E-state index in [4.69, 9.17) is 9.47 Å². The van der Waals surface area contributed by atoms with Gasteiger partial charge >= 0.3 is 6.18 Å². The number of nitrogens with zero attached hydrogens (tertiary/aromatic N) is 4. The number of hydrogen-bond acceptors (Lipinski definition) is 5. The van der Waals surface area contributed by atoms with E-state index in [0.717, 1.165) is 6.07 Å². The third-order valence-electron chi connectivity index (χ3n) is 4.36. The van der Waals surface area contributed by atoms with Gasteiger partial charge in [-0.2, -0.15) is 13.2 Å². The molecule has 0 spiro atoms. The molecule has 3 aromatic heterocycles. The predicted octanol–water partition coefficient (Wildman–Crippen LogP) is 4.52. The number of rotatable bonds is 4. The van der Waals surface area contributed by atoms with Crippen molar-refractivity contribution in [3.8, 4) is 28.8 Å². The second kappa shape index (κ2) is 7.08. The van der Waals surface area contributed by atoms with Crippen molar-refractivity contribution in [3.63, 3.8) is 0 Å². The van der Waals surface area contributed by atoms with Crippen molar-refractivity contribution in [3.05, 3.63) is 60.4 Å². The summed E-state index contributed by atoms with van der Waals surface area (Å²) in [5, 5.41) is 0. The van der Waals surface area contributed by atoms with E-state index in [1.807, 2.05) is 0 Å². The van der Waals surface area contributed by atoms with E-state index in [2.05, 4.69) is 15.0 Å². The van der Waals surface area contributed by atoms with Crippen molar-refractivity contribution in [1.29, 1.82) is 0 Å². The molecule has 0 amide bonds. The summed E-state index contributed by atoms with van der Waals surface area (Å²) >= 11 is 0. The number of methoxy groups -OCH3 is 2. The Morgan fingerprint density at radius 1 is 0.966 bits per heavy atom. The minimum atomic E-state index is -4.57. The molecule has 0 aliphatic heterocycles. The molecule has 4 aromatic rings. The zero-order valence-electron chi connectivity index (χ0n) is 15.4. The van der Waals surface area contributed by atoms with Gasteiger partial charge in [0.05, 0.1) is 42.7 Å². The van der Waals surface area contributed by atoms with Gasteiger partial charge in [0, 0.05) is 18.3 Å². The number of ether oxygens (including phenoxy) is 2. The first kappa shape index (κ1) is 18.7. The molecule has 148 valence electrons. The lowest BCUT2D eigenvalue weighted by atomic mass is 10.1. The van der Waals surface area contributed by atoms with Crippen LogP contribution in [-0.4, -0.2) is 33.7 Å². The Hall–Kier alpha value is -3.62. The highest BCUT2D eigenvalue weighted by Crippen LogP contribution is 2.40. The molecule has 0 bridgehead atoms. The number of pyridine rings is 2. The highest BCUT2D eigenvalue weighted by atomic mass is 19.4. The number of fused-ring (bicyclic) bond motifs is 1. The Morgan fingerprint density at radius 2 is 1.79 bits per heavy atom. The summed E-state index contributed by atoms with van der Waals surface area (Å²) in [7, 11) is 2.70. The minimum absolute atomic E-state index is 0.162. The Balaban J connectivity index is 2.04. The van der Waals surface area contributed by atoms with Crippen LogP contribution in [-0.2, 0) is 6.18 Å². The van der Waals surface area contributed by atoms with E-state index in [1.165, 1.54) is 20.3 Å². The molecule has 0 radical (unpaired) electrons. The molecule has 9 heteroatoms. The van der Waals surface area contributed by atoms with Crippen molar-refractivity contribution in [2.75, 3.05) is 14.2 Å². The van der Waals surface area contributed by atoms with E-state index >= 15 is 0 Å². The highest BCUT2D eigenvalue weighted by Gasteiger charge is 2.35. The van der Waals surface area contributed by atoms with Gasteiger partial charge in [-0.05, 0) is 24.3 Å². The molecule has 4 rings (SSSR count). The van der Waals surface area contributed by atoms with Crippen LogP contribution in [0, 0.1) is 0 Å². The maximum Gasteiger partial charge on any atom is 0.420 e. The van der Waals surface area contributed by atoms with Crippen molar-refractivity contribution < 1.29 is 22.6 Å². The fourth-order valence-electron chi connectivity index (χ4n) is 3.05. The van der Waals surface area contributed by atoms with Gasteiger partial charge in [-0.15, -0.1) is 0 Å². The van der Waals surface area contributed by atoms with Crippen LogP contribution in [0.3, 0.4) is 0 Å². The molecular weight excluding hydrogens is 385 g/mol. The third kappa shape index (κ3) is 3.35. The molecule has 0 saturated carbocycles. The molecular formula is C20H15F3N4O2. The molecule has 0 saturated heterocycles. The maximum absolute atomic E-state index is 13.4. The second-order valence-electron chi connectivity index (χ2n) is 6.08. The zero-order valence-corrected chi connectivity index (χ0v) is 15.4. The van der Waals surface area contributed by atoms with Gasteiger partial charge in [0.15, 0.2) is 5.82 Å². The third-order valence-corrected chi connectivity index (χ3v) is 4.36. The Labute approximate surface area is 163 Å². The summed E-state index contributed by atoms with van der Waals surface area (Å²) in [4.78, 5) is 12.9. The van der Waals surface area contributed by atoms with Gasteiger partial charge < -0.3 is 9.47 Å². The summed E-state index contributed by atoms with van der Waals surface area (Å²) in [5.41, 5.74) is 0.803. The molecule has 0 aliphatic rings. The van der Waals surface area contributed by atoms with Crippen LogP contribution in [0.15, 0.2) is 54.9 Å². The topological polar surface area (TPSA) is 62.1 Å². The van der Waals surface area contributed by atoms with E-state index in [9.17, 15) is 13.2 Å². The molecule has 0 unspecified atom stereocenters. The van der Waals surface area contributed by atoms with Crippen molar-refractivity contribution in [2.24, 2.45) is 0 Å². The molecule has 0 aliphatic carbocycles. The SMILES string of the molecule is COc1ccc(-n2c(-c3ccccn3)nc3cc(C(F)(F)F)c(OC)cc32)cn1. The summed E-state index contributed by atoms with van der Waals surface area (Å²) in [5.74, 6) is 0.503. The fourth-order valence-corrected chi connectivity index (χ4v) is 3.05. The van der Waals surface area contributed by atoms with Crippen molar-refractivity contribution in [2.45, 2.75) is 6.18 Å². The summed E-state index contributed by atoms with van der Waals surface area (Å²) in [6.45, 7) is 0. The Bertz CT molecular complexity index is 1160. The van der Waals surface area contributed by atoms with Crippen LogP contribution in [0.25, 0.3) is 28.2 Å². The zero-order chi connectivity index (χ0) is 20.6. The molecule has 29 heavy (non-hydrogen) atoms. The molecule has 0 fully saturated rings. The van der Waals surface area contributed by atoms with Crippen LogP contribution >= 0.6 is 0 Å². The molecule has 0 atom stereocenters. The van der Waals surface area contributed by atoms with Crippen molar-refractivity contribution in [1.82, 2.24) is 19.5 Å². The van der Waals surface area contributed by atoms with Crippen LogP contribution in [0.2, 0.25) is 0 Å². The first-order chi connectivity index (χ1) is 13.9. The van der Waals surface area contributed by atoms with Gasteiger partial charge in [0.1, 0.15) is 11.4 Å². The number of halogens is 3.